The molecule has 1 aliphatic heterocycles. The number of fused-ring (bicyclic) bond motifs is 1. The lowest BCUT2D eigenvalue weighted by atomic mass is 10.1. The van der Waals surface area contributed by atoms with E-state index in [1.54, 1.807) is 36.4 Å². The van der Waals surface area contributed by atoms with Crippen molar-refractivity contribution in [3.8, 4) is 0 Å². The summed E-state index contributed by atoms with van der Waals surface area (Å²) in [5, 5.41) is 8.27. The van der Waals surface area contributed by atoms with Gasteiger partial charge >= 0.3 is 0 Å². The molecule has 0 fully saturated rings. The van der Waals surface area contributed by atoms with Crippen molar-refractivity contribution in [2.45, 2.75) is 11.8 Å². The smallest absolute Gasteiger partial charge is 0.255 e. The van der Waals surface area contributed by atoms with E-state index in [2.05, 4.69) is 16.0 Å². The topological polar surface area (TPSA) is 87.3 Å². The van der Waals surface area contributed by atoms with Crippen LogP contribution in [0.3, 0.4) is 0 Å². The van der Waals surface area contributed by atoms with E-state index in [0.29, 0.717) is 34.8 Å². The summed E-state index contributed by atoms with van der Waals surface area (Å²) in [6, 6.07) is 11.9. The number of amides is 3. The van der Waals surface area contributed by atoms with Crippen LogP contribution in [-0.2, 0) is 4.79 Å². The zero-order chi connectivity index (χ0) is 17.8. The fourth-order valence-corrected chi connectivity index (χ4v) is 3.18. The monoisotopic (exact) mass is 355 g/mol. The summed E-state index contributed by atoms with van der Waals surface area (Å²) in [7, 11) is 0. The quantitative estimate of drug-likeness (QED) is 0.787. The molecule has 0 saturated carbocycles. The average Bonchev–Trinajstić information content (AvgIpc) is 2.61. The van der Waals surface area contributed by atoms with Crippen LogP contribution in [0.2, 0.25) is 0 Å². The van der Waals surface area contributed by atoms with Crippen molar-refractivity contribution in [1.29, 1.82) is 0 Å². The van der Waals surface area contributed by atoms with Gasteiger partial charge in [-0.15, -0.1) is 11.8 Å². The molecule has 0 aromatic heterocycles. The van der Waals surface area contributed by atoms with Gasteiger partial charge in [0.1, 0.15) is 0 Å². The standard InChI is InChI=1S/C18H17N3O3S/c1-2-19-17(23)11-3-6-13(7-4-11)20-18(24)12-5-8-15-14(9-12)21-16(22)10-25-15/h3-9H,2,10H2,1H3,(H,19,23)(H,20,24)(H,21,22). The number of carbonyl (C=O) groups is 3. The first kappa shape index (κ1) is 17.0. The lowest BCUT2D eigenvalue weighted by Gasteiger charge is -2.17. The number of benzene rings is 2. The van der Waals surface area contributed by atoms with Gasteiger partial charge in [0.2, 0.25) is 5.91 Å². The van der Waals surface area contributed by atoms with Crippen molar-refractivity contribution in [3.05, 3.63) is 53.6 Å². The minimum absolute atomic E-state index is 0.0731. The first-order chi connectivity index (χ1) is 12.1. The number of anilines is 2. The summed E-state index contributed by atoms with van der Waals surface area (Å²) < 4.78 is 0. The Morgan fingerprint density at radius 3 is 2.52 bits per heavy atom. The number of rotatable bonds is 4. The fourth-order valence-electron chi connectivity index (χ4n) is 2.40. The first-order valence-corrected chi connectivity index (χ1v) is 8.81. The molecular weight excluding hydrogens is 338 g/mol. The third-order valence-corrected chi connectivity index (χ3v) is 4.69. The Morgan fingerprint density at radius 1 is 1.08 bits per heavy atom. The molecule has 3 N–H and O–H groups in total. The molecule has 3 rings (SSSR count). The Morgan fingerprint density at radius 2 is 1.80 bits per heavy atom. The van der Waals surface area contributed by atoms with Gasteiger partial charge in [0.15, 0.2) is 0 Å². The van der Waals surface area contributed by atoms with Crippen molar-refractivity contribution >= 4 is 40.9 Å². The zero-order valence-electron chi connectivity index (χ0n) is 13.6. The second-order valence-corrected chi connectivity index (χ2v) is 6.46. The molecule has 1 heterocycles. The van der Waals surface area contributed by atoms with Gasteiger partial charge in [-0.05, 0) is 49.4 Å². The van der Waals surface area contributed by atoms with E-state index in [9.17, 15) is 14.4 Å². The van der Waals surface area contributed by atoms with E-state index < -0.39 is 0 Å². The van der Waals surface area contributed by atoms with Gasteiger partial charge in [-0.2, -0.15) is 0 Å². The largest absolute Gasteiger partial charge is 0.352 e. The van der Waals surface area contributed by atoms with Crippen molar-refractivity contribution in [2.75, 3.05) is 22.9 Å². The third-order valence-electron chi connectivity index (χ3n) is 3.62. The molecule has 0 radical (unpaired) electrons. The van der Waals surface area contributed by atoms with E-state index in [4.69, 9.17) is 0 Å². The van der Waals surface area contributed by atoms with Gasteiger partial charge in [0.05, 0.1) is 11.4 Å². The summed E-state index contributed by atoms with van der Waals surface area (Å²) in [6.45, 7) is 2.41. The summed E-state index contributed by atoms with van der Waals surface area (Å²) in [5.41, 5.74) is 2.23. The van der Waals surface area contributed by atoms with Crippen LogP contribution in [-0.4, -0.2) is 30.0 Å². The van der Waals surface area contributed by atoms with E-state index in [1.807, 2.05) is 13.0 Å². The van der Waals surface area contributed by atoms with Crippen LogP contribution in [0.15, 0.2) is 47.4 Å². The van der Waals surface area contributed by atoms with Crippen molar-refractivity contribution < 1.29 is 14.4 Å². The Balaban J connectivity index is 1.71. The minimum atomic E-state index is -0.279. The van der Waals surface area contributed by atoms with E-state index in [0.717, 1.165) is 4.90 Å². The van der Waals surface area contributed by atoms with E-state index in [-0.39, 0.29) is 17.7 Å². The highest BCUT2D eigenvalue weighted by atomic mass is 32.2. The Kier molecular flexibility index (Phi) is 5.04. The van der Waals surface area contributed by atoms with Crippen LogP contribution in [0.5, 0.6) is 0 Å². The van der Waals surface area contributed by atoms with Gasteiger partial charge in [-0.3, -0.25) is 14.4 Å². The van der Waals surface area contributed by atoms with Crippen molar-refractivity contribution in [3.63, 3.8) is 0 Å². The fraction of sp³-hybridized carbons (Fsp3) is 0.167. The molecule has 2 aromatic rings. The molecule has 3 amide bonds. The maximum absolute atomic E-state index is 12.4. The summed E-state index contributed by atoms with van der Waals surface area (Å²) in [5.74, 6) is -0.117. The van der Waals surface area contributed by atoms with Gasteiger partial charge in [-0.25, -0.2) is 0 Å². The van der Waals surface area contributed by atoms with Crippen molar-refractivity contribution in [2.24, 2.45) is 0 Å². The molecule has 2 aromatic carbocycles. The molecular formula is C18H17N3O3S. The maximum Gasteiger partial charge on any atom is 0.255 e. The highest BCUT2D eigenvalue weighted by molar-refractivity contribution is 8.00. The second kappa shape index (κ2) is 7.40. The Hall–Kier alpha value is -2.80. The third kappa shape index (κ3) is 4.00. The first-order valence-electron chi connectivity index (χ1n) is 7.83. The van der Waals surface area contributed by atoms with Gasteiger partial charge in [0, 0.05) is 28.3 Å². The van der Waals surface area contributed by atoms with Crippen LogP contribution >= 0.6 is 11.8 Å². The second-order valence-electron chi connectivity index (χ2n) is 5.44. The molecule has 7 heteroatoms. The molecule has 0 unspecified atom stereocenters. The Labute approximate surface area is 149 Å². The number of hydrogen-bond donors (Lipinski definition) is 3. The van der Waals surface area contributed by atoms with Gasteiger partial charge in [-0.1, -0.05) is 0 Å². The number of carbonyl (C=O) groups excluding carboxylic acids is 3. The van der Waals surface area contributed by atoms with Crippen LogP contribution in [0.25, 0.3) is 0 Å². The maximum atomic E-state index is 12.4. The SMILES string of the molecule is CCNC(=O)c1ccc(NC(=O)c2ccc3c(c2)NC(=O)CS3)cc1. The predicted octanol–water partition coefficient (Wildman–Crippen LogP) is 2.73. The van der Waals surface area contributed by atoms with Gasteiger partial charge in [0.25, 0.3) is 11.8 Å². The number of nitrogens with one attached hydrogen (secondary N) is 3. The normalized spacial score (nSPS) is 12.8. The van der Waals surface area contributed by atoms with Crippen LogP contribution in [0.4, 0.5) is 11.4 Å². The predicted molar refractivity (Wildman–Crippen MR) is 98.2 cm³/mol. The number of hydrogen-bond acceptors (Lipinski definition) is 4. The molecule has 0 spiro atoms. The molecule has 0 saturated heterocycles. The Bertz CT molecular complexity index is 834. The summed E-state index contributed by atoms with van der Waals surface area (Å²) >= 11 is 1.45. The minimum Gasteiger partial charge on any atom is -0.352 e. The molecule has 6 nitrogen and oxygen atoms in total. The summed E-state index contributed by atoms with van der Waals surface area (Å²) in [6.07, 6.45) is 0. The van der Waals surface area contributed by atoms with Crippen LogP contribution in [0.1, 0.15) is 27.6 Å². The molecule has 1 aliphatic rings. The zero-order valence-corrected chi connectivity index (χ0v) is 14.4. The molecule has 25 heavy (non-hydrogen) atoms. The summed E-state index contributed by atoms with van der Waals surface area (Å²) in [4.78, 5) is 36.5. The molecule has 0 aliphatic carbocycles. The average molecular weight is 355 g/mol. The molecule has 128 valence electrons. The molecule has 0 atom stereocenters. The van der Waals surface area contributed by atoms with E-state index in [1.165, 1.54) is 11.8 Å². The lowest BCUT2D eigenvalue weighted by molar-refractivity contribution is -0.113. The van der Waals surface area contributed by atoms with Crippen molar-refractivity contribution in [1.82, 2.24) is 5.32 Å². The number of thioether (sulfide) groups is 1. The van der Waals surface area contributed by atoms with Crippen LogP contribution < -0.4 is 16.0 Å². The van der Waals surface area contributed by atoms with E-state index >= 15 is 0 Å². The van der Waals surface area contributed by atoms with Gasteiger partial charge < -0.3 is 16.0 Å². The molecule has 0 bridgehead atoms. The van der Waals surface area contributed by atoms with Crippen LogP contribution in [0, 0.1) is 0 Å². The highest BCUT2D eigenvalue weighted by Crippen LogP contribution is 2.32. The lowest BCUT2D eigenvalue weighted by Crippen LogP contribution is -2.22. The highest BCUT2D eigenvalue weighted by Gasteiger charge is 2.17.